The van der Waals surface area contributed by atoms with Gasteiger partial charge in [0.15, 0.2) is 8.32 Å². The van der Waals surface area contributed by atoms with E-state index in [4.69, 9.17) is 20.6 Å². The Morgan fingerprint density at radius 1 is 0.340 bits per heavy atom. The Hall–Kier alpha value is 0.0113. The van der Waals surface area contributed by atoms with Crippen LogP contribution in [0.1, 0.15) is 32.1 Å². The van der Waals surface area contributed by atoms with E-state index in [-0.39, 0.29) is 0 Å². The largest absolute Gasteiger partial charge is 0.437 e. The first-order valence-corrected chi connectivity index (χ1v) is 31.2. The molecular formula is C23H45F15O6Si6. The van der Waals surface area contributed by atoms with Crippen LogP contribution in [0.5, 0.6) is 0 Å². The van der Waals surface area contributed by atoms with Crippen molar-refractivity contribution in [2.45, 2.75) is 146 Å². The van der Waals surface area contributed by atoms with Crippen LogP contribution >= 0.6 is 0 Å². The SMILES string of the molecule is C[Si](C)(C)O[Si](C)(CCC(F)(F)F)O[Si](C)(CCC(F)(F)F)O[Si](C)(CCC(F)(F)F)O[Si](C)(CCC(F)(F)F)O[Si](C)(O)CCC(F)(F)F. The van der Waals surface area contributed by atoms with E-state index in [9.17, 15) is 70.7 Å². The molecule has 5 unspecified atom stereocenters. The summed E-state index contributed by atoms with van der Waals surface area (Å²) in [5, 5.41) is 0. The number of hydrogen-bond donors (Lipinski definition) is 1. The Labute approximate surface area is 287 Å². The minimum Gasteiger partial charge on any atom is -0.437 e. The highest BCUT2D eigenvalue weighted by Gasteiger charge is 2.56. The first-order chi connectivity index (χ1) is 21.6. The molecule has 27 heteroatoms. The zero-order valence-electron chi connectivity index (χ0n) is 28.7. The molecule has 6 nitrogen and oxygen atoms in total. The van der Waals surface area contributed by atoms with Crippen LogP contribution in [0.4, 0.5) is 65.9 Å². The van der Waals surface area contributed by atoms with E-state index in [0.717, 1.165) is 32.7 Å². The van der Waals surface area contributed by atoms with Crippen LogP contribution in [0.3, 0.4) is 0 Å². The smallest absolute Gasteiger partial charge is 0.389 e. The fourth-order valence-corrected chi connectivity index (χ4v) is 34.3. The first kappa shape index (κ1) is 50.0. The maximum Gasteiger partial charge on any atom is 0.389 e. The Bertz CT molecular complexity index is 1050. The summed E-state index contributed by atoms with van der Waals surface area (Å²) in [7, 11) is -25.9. The summed E-state index contributed by atoms with van der Waals surface area (Å²) in [6, 6.07) is -5.40. The summed E-state index contributed by atoms with van der Waals surface area (Å²) < 4.78 is 229. The van der Waals surface area contributed by atoms with E-state index in [0.29, 0.717) is 0 Å². The molecule has 0 aliphatic rings. The van der Waals surface area contributed by atoms with Gasteiger partial charge in [0, 0.05) is 32.1 Å². The fraction of sp³-hybridized carbons (Fsp3) is 1.00. The van der Waals surface area contributed by atoms with Crippen LogP contribution < -0.4 is 0 Å². The second-order valence-corrected chi connectivity index (χ2v) is 36.1. The van der Waals surface area contributed by atoms with Gasteiger partial charge in [-0.3, -0.25) is 0 Å². The number of alkyl halides is 15. The van der Waals surface area contributed by atoms with Gasteiger partial charge in [-0.05, 0) is 82.6 Å². The van der Waals surface area contributed by atoms with Gasteiger partial charge in [0.25, 0.3) is 0 Å². The third-order valence-corrected chi connectivity index (χ3v) is 30.4. The van der Waals surface area contributed by atoms with Crippen molar-refractivity contribution in [2.24, 2.45) is 0 Å². The zero-order chi connectivity index (χ0) is 40.1. The minimum atomic E-state index is -4.99. The van der Waals surface area contributed by atoms with Gasteiger partial charge >= 0.3 is 73.7 Å². The van der Waals surface area contributed by atoms with E-state index < -0.39 is 144 Å². The van der Waals surface area contributed by atoms with Gasteiger partial charge in [-0.15, -0.1) is 0 Å². The third kappa shape index (κ3) is 25.1. The van der Waals surface area contributed by atoms with Crippen molar-refractivity contribution >= 4 is 51.1 Å². The first-order valence-electron chi connectivity index (χ1n) is 15.1. The minimum absolute atomic E-state index is 0.799. The molecule has 0 spiro atoms. The standard InChI is InChI=1S/C23H45F15O6Si6/c1-45(2,3)40-47(5,15-10-20(27,28)29)42-49(7,17-12-22(33,34)35)44-50(8,18-13-23(36,37)38)43-48(6,16-11-21(30,31)32)41-46(4,39)14-9-19(24,25)26/h39H,9-18H2,1-8H3. The average molecular weight is 871 g/mol. The van der Waals surface area contributed by atoms with Crippen LogP contribution in [0.2, 0.25) is 82.6 Å². The van der Waals surface area contributed by atoms with Crippen LogP contribution in [0.25, 0.3) is 0 Å². The second-order valence-electron chi connectivity index (χ2n) is 13.9. The van der Waals surface area contributed by atoms with Crippen molar-refractivity contribution in [3.8, 4) is 0 Å². The molecule has 0 aliphatic carbocycles. The Morgan fingerprint density at radius 3 is 0.760 bits per heavy atom. The number of rotatable bonds is 20. The molecule has 0 aliphatic heterocycles. The van der Waals surface area contributed by atoms with Crippen molar-refractivity contribution in [3.63, 3.8) is 0 Å². The van der Waals surface area contributed by atoms with Crippen LogP contribution in [0, 0.1) is 0 Å². The van der Waals surface area contributed by atoms with Gasteiger partial charge in [-0.2, -0.15) is 65.9 Å². The second kappa shape index (κ2) is 17.2. The zero-order valence-corrected chi connectivity index (χ0v) is 34.7. The van der Waals surface area contributed by atoms with Crippen LogP contribution in [-0.4, -0.2) is 86.8 Å². The molecule has 1 N–H and O–H groups in total. The van der Waals surface area contributed by atoms with Crippen molar-refractivity contribution in [3.05, 3.63) is 0 Å². The van der Waals surface area contributed by atoms with Crippen LogP contribution in [-0.2, 0) is 20.6 Å². The normalized spacial score (nSPS) is 20.4. The Kier molecular flexibility index (Phi) is 17.2. The maximum absolute atomic E-state index is 13.5. The molecule has 0 aromatic carbocycles. The monoisotopic (exact) mass is 870 g/mol. The van der Waals surface area contributed by atoms with E-state index >= 15 is 0 Å². The summed E-state index contributed by atoms with van der Waals surface area (Å²) in [6.45, 7) is 9.21. The van der Waals surface area contributed by atoms with Gasteiger partial charge in [-0.25, -0.2) is 0 Å². The Balaban J connectivity index is 7.20. The average Bonchev–Trinajstić information content (AvgIpc) is 2.79. The molecule has 0 saturated carbocycles. The van der Waals surface area contributed by atoms with Gasteiger partial charge < -0.3 is 25.4 Å². The lowest BCUT2D eigenvalue weighted by Crippen LogP contribution is -2.63. The topological polar surface area (TPSA) is 66.4 Å². The molecule has 0 fully saturated rings. The molecule has 50 heavy (non-hydrogen) atoms. The third-order valence-electron chi connectivity index (χ3n) is 6.58. The van der Waals surface area contributed by atoms with E-state index in [1.54, 1.807) is 19.6 Å². The summed E-state index contributed by atoms with van der Waals surface area (Å²) in [6.07, 6.45) is -32.8. The van der Waals surface area contributed by atoms with Crippen molar-refractivity contribution < 1.29 is 91.2 Å². The molecule has 0 aromatic rings. The predicted molar refractivity (Wildman–Crippen MR) is 166 cm³/mol. The van der Waals surface area contributed by atoms with Gasteiger partial charge in [-0.1, -0.05) is 0 Å². The maximum atomic E-state index is 13.5. The number of halogens is 15. The molecule has 0 radical (unpaired) electrons. The molecule has 302 valence electrons. The lowest BCUT2D eigenvalue weighted by molar-refractivity contribution is -0.132. The molecular weight excluding hydrogens is 826 g/mol. The van der Waals surface area contributed by atoms with Gasteiger partial charge in [0.2, 0.25) is 0 Å². The number of hydrogen-bond acceptors (Lipinski definition) is 6. The van der Waals surface area contributed by atoms with E-state index in [1.807, 2.05) is 0 Å². The molecule has 0 saturated heterocycles. The molecule has 0 aromatic heterocycles. The summed E-state index contributed by atoms with van der Waals surface area (Å²) in [4.78, 5) is 10.7. The predicted octanol–water partition coefficient (Wildman–Crippen LogP) is 11.0. The van der Waals surface area contributed by atoms with Crippen molar-refractivity contribution in [1.29, 1.82) is 0 Å². The van der Waals surface area contributed by atoms with Gasteiger partial charge in [0.05, 0.1) is 0 Å². The summed E-state index contributed by atoms with van der Waals surface area (Å²) in [5.41, 5.74) is 0. The highest BCUT2D eigenvalue weighted by Crippen LogP contribution is 2.41. The van der Waals surface area contributed by atoms with Crippen molar-refractivity contribution in [1.82, 2.24) is 0 Å². The fourth-order valence-electron chi connectivity index (χ4n) is 4.87. The molecule has 0 heterocycles. The van der Waals surface area contributed by atoms with Crippen molar-refractivity contribution in [2.75, 3.05) is 0 Å². The quantitative estimate of drug-likeness (QED) is 0.0971. The summed E-state index contributed by atoms with van der Waals surface area (Å²) in [5.74, 6) is 0. The highest BCUT2D eigenvalue weighted by atomic mass is 28.5. The van der Waals surface area contributed by atoms with Crippen LogP contribution in [0.15, 0.2) is 0 Å². The molecule has 0 bridgehead atoms. The highest BCUT2D eigenvalue weighted by molar-refractivity contribution is 6.91. The molecule has 0 amide bonds. The Morgan fingerprint density at radius 2 is 0.540 bits per heavy atom. The lowest BCUT2D eigenvalue weighted by atomic mass is 10.5. The summed E-state index contributed by atoms with van der Waals surface area (Å²) >= 11 is 0. The van der Waals surface area contributed by atoms with Gasteiger partial charge in [0.1, 0.15) is 0 Å². The van der Waals surface area contributed by atoms with E-state index in [1.165, 1.54) is 0 Å². The lowest BCUT2D eigenvalue weighted by Gasteiger charge is -2.46. The molecule has 0 rings (SSSR count). The molecule has 5 atom stereocenters. The van der Waals surface area contributed by atoms with E-state index in [2.05, 4.69) is 0 Å².